The molecule has 0 saturated heterocycles. The molecule has 1 fully saturated rings. The van der Waals surface area contributed by atoms with Crippen molar-refractivity contribution in [1.29, 1.82) is 0 Å². The smallest absolute Gasteiger partial charge is 0.124 e. The van der Waals surface area contributed by atoms with E-state index in [1.807, 2.05) is 12.1 Å². The van der Waals surface area contributed by atoms with Crippen LogP contribution in [0.3, 0.4) is 0 Å². The summed E-state index contributed by atoms with van der Waals surface area (Å²) < 4.78 is 5.76. The Morgan fingerprint density at radius 1 is 1.33 bits per heavy atom. The van der Waals surface area contributed by atoms with Gasteiger partial charge in [0.05, 0.1) is 6.10 Å². The van der Waals surface area contributed by atoms with Crippen LogP contribution in [0.15, 0.2) is 24.3 Å². The van der Waals surface area contributed by atoms with Crippen molar-refractivity contribution in [2.75, 3.05) is 0 Å². The highest BCUT2D eigenvalue weighted by atomic mass is 16.5. The van der Waals surface area contributed by atoms with Crippen LogP contribution < -0.4 is 10.1 Å². The van der Waals surface area contributed by atoms with Gasteiger partial charge in [0.1, 0.15) is 5.75 Å². The van der Waals surface area contributed by atoms with Crippen molar-refractivity contribution in [3.8, 4) is 5.75 Å². The van der Waals surface area contributed by atoms with Gasteiger partial charge in [-0.05, 0) is 32.8 Å². The summed E-state index contributed by atoms with van der Waals surface area (Å²) in [6.45, 7) is 5.05. The van der Waals surface area contributed by atoms with E-state index in [-0.39, 0.29) is 6.10 Å². The molecular weight excluding hydrogens is 186 g/mol. The summed E-state index contributed by atoms with van der Waals surface area (Å²) in [5, 5.41) is 3.51. The van der Waals surface area contributed by atoms with Crippen molar-refractivity contribution in [3.63, 3.8) is 0 Å². The maximum absolute atomic E-state index is 5.76. The Labute approximate surface area is 91.6 Å². The molecule has 2 heteroatoms. The molecule has 2 rings (SSSR count). The van der Waals surface area contributed by atoms with Gasteiger partial charge in [0.15, 0.2) is 0 Å². The van der Waals surface area contributed by atoms with Gasteiger partial charge < -0.3 is 10.1 Å². The van der Waals surface area contributed by atoms with Crippen LogP contribution in [0.1, 0.15) is 32.3 Å². The topological polar surface area (TPSA) is 21.3 Å². The van der Waals surface area contributed by atoms with Crippen LogP contribution in [-0.4, -0.2) is 12.1 Å². The molecule has 1 aliphatic rings. The van der Waals surface area contributed by atoms with Gasteiger partial charge in [-0.3, -0.25) is 0 Å². The standard InChI is InChI=1S/C13H19NO/c1-10(2)15-13-6-4-3-5-11(13)9-14-12-7-8-12/h3-6,10,12,14H,7-9H2,1-2H3. The SMILES string of the molecule is CC(C)Oc1ccccc1CNC1CC1. The van der Waals surface area contributed by atoms with Gasteiger partial charge in [0.25, 0.3) is 0 Å². The van der Waals surface area contributed by atoms with Gasteiger partial charge >= 0.3 is 0 Å². The Kier molecular flexibility index (Phi) is 3.27. The summed E-state index contributed by atoms with van der Waals surface area (Å²) in [6.07, 6.45) is 2.90. The summed E-state index contributed by atoms with van der Waals surface area (Å²) in [7, 11) is 0. The number of benzene rings is 1. The van der Waals surface area contributed by atoms with Crippen LogP contribution in [0.4, 0.5) is 0 Å². The van der Waals surface area contributed by atoms with E-state index in [1.165, 1.54) is 18.4 Å². The zero-order valence-corrected chi connectivity index (χ0v) is 9.49. The minimum absolute atomic E-state index is 0.243. The molecule has 0 aliphatic heterocycles. The molecule has 1 aromatic rings. The molecule has 2 nitrogen and oxygen atoms in total. The highest BCUT2D eigenvalue weighted by molar-refractivity contribution is 5.33. The van der Waals surface area contributed by atoms with Crippen LogP contribution in [0.2, 0.25) is 0 Å². The molecule has 0 spiro atoms. The van der Waals surface area contributed by atoms with E-state index >= 15 is 0 Å². The third-order valence-corrected chi connectivity index (χ3v) is 2.49. The third kappa shape index (κ3) is 3.24. The average molecular weight is 205 g/mol. The summed E-state index contributed by atoms with van der Waals surface area (Å²) in [5.41, 5.74) is 1.26. The molecule has 1 saturated carbocycles. The summed E-state index contributed by atoms with van der Waals surface area (Å²) in [5.74, 6) is 1.01. The maximum atomic E-state index is 5.76. The van der Waals surface area contributed by atoms with Gasteiger partial charge in [-0.1, -0.05) is 18.2 Å². The average Bonchev–Trinajstić information content (AvgIpc) is 2.99. The fourth-order valence-corrected chi connectivity index (χ4v) is 1.56. The van der Waals surface area contributed by atoms with Gasteiger partial charge in [0, 0.05) is 18.2 Å². The molecule has 0 atom stereocenters. The van der Waals surface area contributed by atoms with Crippen molar-refractivity contribution < 1.29 is 4.74 Å². The van der Waals surface area contributed by atoms with Crippen molar-refractivity contribution in [2.45, 2.75) is 45.4 Å². The number of hydrogen-bond donors (Lipinski definition) is 1. The fourth-order valence-electron chi connectivity index (χ4n) is 1.56. The Morgan fingerprint density at radius 3 is 2.73 bits per heavy atom. The molecule has 0 bridgehead atoms. The Balaban J connectivity index is 1.99. The lowest BCUT2D eigenvalue weighted by atomic mass is 10.2. The second-order valence-electron chi connectivity index (χ2n) is 4.43. The highest BCUT2D eigenvalue weighted by Crippen LogP contribution is 2.23. The molecule has 0 radical (unpaired) electrons. The van der Waals surface area contributed by atoms with Crippen molar-refractivity contribution in [3.05, 3.63) is 29.8 Å². The van der Waals surface area contributed by atoms with Crippen molar-refractivity contribution >= 4 is 0 Å². The number of para-hydroxylation sites is 1. The van der Waals surface area contributed by atoms with Crippen LogP contribution >= 0.6 is 0 Å². The first-order valence-electron chi connectivity index (χ1n) is 5.73. The molecule has 1 aliphatic carbocycles. The molecular formula is C13H19NO. The van der Waals surface area contributed by atoms with Gasteiger partial charge in [-0.15, -0.1) is 0 Å². The molecule has 82 valence electrons. The summed E-state index contributed by atoms with van der Waals surface area (Å²) >= 11 is 0. The van der Waals surface area contributed by atoms with E-state index < -0.39 is 0 Å². The van der Waals surface area contributed by atoms with E-state index in [0.29, 0.717) is 0 Å². The fraction of sp³-hybridized carbons (Fsp3) is 0.538. The van der Waals surface area contributed by atoms with E-state index in [9.17, 15) is 0 Å². The first kappa shape index (κ1) is 10.5. The monoisotopic (exact) mass is 205 g/mol. The number of nitrogens with one attached hydrogen (secondary N) is 1. The number of rotatable bonds is 5. The van der Waals surface area contributed by atoms with E-state index in [1.54, 1.807) is 0 Å². The highest BCUT2D eigenvalue weighted by Gasteiger charge is 2.20. The number of hydrogen-bond acceptors (Lipinski definition) is 2. The van der Waals surface area contributed by atoms with E-state index in [2.05, 4.69) is 31.3 Å². The first-order valence-corrected chi connectivity index (χ1v) is 5.73. The molecule has 0 amide bonds. The predicted molar refractivity (Wildman–Crippen MR) is 62.1 cm³/mol. The largest absolute Gasteiger partial charge is 0.491 e. The predicted octanol–water partition coefficient (Wildman–Crippen LogP) is 2.73. The zero-order valence-electron chi connectivity index (χ0n) is 9.49. The molecule has 1 aromatic carbocycles. The maximum Gasteiger partial charge on any atom is 0.124 e. The summed E-state index contributed by atoms with van der Waals surface area (Å²) in [6, 6.07) is 9.02. The third-order valence-electron chi connectivity index (χ3n) is 2.49. The summed E-state index contributed by atoms with van der Waals surface area (Å²) in [4.78, 5) is 0. The first-order chi connectivity index (χ1) is 7.25. The van der Waals surface area contributed by atoms with Gasteiger partial charge in [0.2, 0.25) is 0 Å². The van der Waals surface area contributed by atoms with Crippen LogP contribution in [-0.2, 0) is 6.54 Å². The molecule has 0 unspecified atom stereocenters. The van der Waals surface area contributed by atoms with Gasteiger partial charge in [-0.25, -0.2) is 0 Å². The van der Waals surface area contributed by atoms with E-state index in [0.717, 1.165) is 18.3 Å². The lowest BCUT2D eigenvalue weighted by Crippen LogP contribution is -2.17. The second kappa shape index (κ2) is 4.67. The quantitative estimate of drug-likeness (QED) is 0.798. The lowest BCUT2D eigenvalue weighted by Gasteiger charge is -2.14. The molecule has 15 heavy (non-hydrogen) atoms. The minimum Gasteiger partial charge on any atom is -0.491 e. The van der Waals surface area contributed by atoms with Gasteiger partial charge in [-0.2, -0.15) is 0 Å². The second-order valence-corrected chi connectivity index (χ2v) is 4.43. The Hall–Kier alpha value is -1.02. The molecule has 0 aromatic heterocycles. The minimum atomic E-state index is 0.243. The Morgan fingerprint density at radius 2 is 2.07 bits per heavy atom. The molecule has 1 N–H and O–H groups in total. The van der Waals surface area contributed by atoms with Crippen molar-refractivity contribution in [1.82, 2.24) is 5.32 Å². The normalized spacial score (nSPS) is 15.7. The molecule has 0 heterocycles. The number of ether oxygens (including phenoxy) is 1. The van der Waals surface area contributed by atoms with Crippen LogP contribution in [0.5, 0.6) is 5.75 Å². The lowest BCUT2D eigenvalue weighted by molar-refractivity contribution is 0.239. The Bertz CT molecular complexity index is 318. The van der Waals surface area contributed by atoms with Crippen molar-refractivity contribution in [2.24, 2.45) is 0 Å². The van der Waals surface area contributed by atoms with Crippen LogP contribution in [0, 0.1) is 0 Å². The zero-order chi connectivity index (χ0) is 10.7. The van der Waals surface area contributed by atoms with Crippen LogP contribution in [0.25, 0.3) is 0 Å². The van der Waals surface area contributed by atoms with E-state index in [4.69, 9.17) is 4.74 Å².